The summed E-state index contributed by atoms with van der Waals surface area (Å²) in [5.41, 5.74) is 1.13. The van der Waals surface area contributed by atoms with Crippen LogP contribution < -0.4 is 0 Å². The molecular weight excluding hydrogens is 428 g/mol. The largest absolute Gasteiger partial charge is 0.465 e. The third-order valence-electron chi connectivity index (χ3n) is 6.18. The van der Waals surface area contributed by atoms with Crippen molar-refractivity contribution in [1.82, 2.24) is 9.21 Å². The zero-order valence-corrected chi connectivity index (χ0v) is 19.0. The van der Waals surface area contributed by atoms with E-state index in [1.54, 1.807) is 12.1 Å². The summed E-state index contributed by atoms with van der Waals surface area (Å²) < 4.78 is 32.6. The molecule has 0 spiro atoms. The molecule has 1 saturated carbocycles. The SMILES string of the molecule is COC(=O)c1ccccc1S(=O)(=O)N1CCC(C(=O)N(Cc2ccccc2)C2CC2)CC1. The summed E-state index contributed by atoms with van der Waals surface area (Å²) in [4.78, 5) is 27.2. The lowest BCUT2D eigenvalue weighted by molar-refractivity contribution is -0.138. The van der Waals surface area contributed by atoms with Gasteiger partial charge in [0.25, 0.3) is 0 Å². The molecule has 4 rings (SSSR count). The van der Waals surface area contributed by atoms with E-state index in [9.17, 15) is 18.0 Å². The van der Waals surface area contributed by atoms with Crippen molar-refractivity contribution in [2.75, 3.05) is 20.2 Å². The zero-order chi connectivity index (χ0) is 22.7. The number of ether oxygens (including phenoxy) is 1. The third kappa shape index (κ3) is 4.71. The molecule has 1 amide bonds. The molecule has 1 aliphatic carbocycles. The fourth-order valence-corrected chi connectivity index (χ4v) is 5.89. The van der Waals surface area contributed by atoms with E-state index < -0.39 is 16.0 Å². The smallest absolute Gasteiger partial charge is 0.339 e. The molecule has 0 radical (unpaired) electrons. The molecule has 0 N–H and O–H groups in total. The molecule has 32 heavy (non-hydrogen) atoms. The summed E-state index contributed by atoms with van der Waals surface area (Å²) in [5.74, 6) is -0.764. The number of hydrogen-bond acceptors (Lipinski definition) is 5. The molecule has 1 heterocycles. The van der Waals surface area contributed by atoms with E-state index in [1.165, 1.54) is 23.5 Å². The van der Waals surface area contributed by atoms with Crippen LogP contribution in [0.5, 0.6) is 0 Å². The van der Waals surface area contributed by atoms with Gasteiger partial charge in [0.2, 0.25) is 15.9 Å². The van der Waals surface area contributed by atoms with Crippen molar-refractivity contribution in [3.05, 3.63) is 65.7 Å². The second-order valence-electron chi connectivity index (χ2n) is 8.35. The van der Waals surface area contributed by atoms with Crippen molar-refractivity contribution in [3.8, 4) is 0 Å². The van der Waals surface area contributed by atoms with Gasteiger partial charge in [0.1, 0.15) is 0 Å². The molecule has 2 aromatic carbocycles. The van der Waals surface area contributed by atoms with Crippen molar-refractivity contribution >= 4 is 21.9 Å². The molecule has 0 atom stereocenters. The molecule has 0 unspecified atom stereocenters. The van der Waals surface area contributed by atoms with Crippen molar-refractivity contribution in [2.24, 2.45) is 5.92 Å². The molecule has 1 aliphatic heterocycles. The topological polar surface area (TPSA) is 84.0 Å². The van der Waals surface area contributed by atoms with Crippen LogP contribution in [0.2, 0.25) is 0 Å². The minimum atomic E-state index is -3.86. The monoisotopic (exact) mass is 456 g/mol. The first-order valence-electron chi connectivity index (χ1n) is 10.9. The van der Waals surface area contributed by atoms with Crippen LogP contribution in [0.15, 0.2) is 59.5 Å². The number of hydrogen-bond donors (Lipinski definition) is 0. The fraction of sp³-hybridized carbons (Fsp3) is 0.417. The van der Waals surface area contributed by atoms with E-state index in [-0.39, 0.29) is 41.4 Å². The quantitative estimate of drug-likeness (QED) is 0.598. The fourth-order valence-electron chi connectivity index (χ4n) is 4.24. The van der Waals surface area contributed by atoms with Gasteiger partial charge in [-0.2, -0.15) is 4.31 Å². The Morgan fingerprint density at radius 1 is 0.969 bits per heavy atom. The summed E-state index contributed by atoms with van der Waals surface area (Å²) in [5, 5.41) is 0. The van der Waals surface area contributed by atoms with Crippen LogP contribution in [0.4, 0.5) is 0 Å². The summed E-state index contributed by atoms with van der Waals surface area (Å²) in [6.45, 7) is 1.09. The van der Waals surface area contributed by atoms with Gasteiger partial charge < -0.3 is 9.64 Å². The number of piperidine rings is 1. The first kappa shape index (κ1) is 22.5. The Hall–Kier alpha value is -2.71. The minimum absolute atomic E-state index is 0.0240. The molecule has 170 valence electrons. The van der Waals surface area contributed by atoms with Crippen LogP contribution in [0.1, 0.15) is 41.6 Å². The van der Waals surface area contributed by atoms with Crippen molar-refractivity contribution in [1.29, 1.82) is 0 Å². The molecule has 1 saturated heterocycles. The number of methoxy groups -OCH3 is 1. The van der Waals surface area contributed by atoms with E-state index in [0.29, 0.717) is 19.4 Å². The molecule has 0 aromatic heterocycles. The van der Waals surface area contributed by atoms with Gasteiger partial charge in [-0.15, -0.1) is 0 Å². The highest BCUT2D eigenvalue weighted by atomic mass is 32.2. The van der Waals surface area contributed by atoms with Crippen molar-refractivity contribution in [3.63, 3.8) is 0 Å². The van der Waals surface area contributed by atoms with Gasteiger partial charge in [0.15, 0.2) is 0 Å². The van der Waals surface area contributed by atoms with Gasteiger partial charge >= 0.3 is 5.97 Å². The molecule has 8 heteroatoms. The number of benzene rings is 2. The Bertz CT molecular complexity index is 1070. The van der Waals surface area contributed by atoms with Crippen molar-refractivity contribution in [2.45, 2.75) is 43.2 Å². The van der Waals surface area contributed by atoms with Crippen LogP contribution in [0.3, 0.4) is 0 Å². The summed E-state index contributed by atoms with van der Waals surface area (Å²) >= 11 is 0. The van der Waals surface area contributed by atoms with Crippen LogP contribution >= 0.6 is 0 Å². The standard InChI is InChI=1S/C24H28N2O5S/c1-31-24(28)21-9-5-6-10-22(21)32(29,30)25-15-13-19(14-16-25)23(27)26(20-11-12-20)17-18-7-3-2-4-8-18/h2-10,19-20H,11-17H2,1H3. The molecule has 2 fully saturated rings. The predicted molar refractivity (Wildman–Crippen MR) is 119 cm³/mol. The van der Waals surface area contributed by atoms with E-state index in [4.69, 9.17) is 4.74 Å². The summed E-state index contributed by atoms with van der Waals surface area (Å²) in [6, 6.07) is 16.3. The normalized spacial score (nSPS) is 17.7. The molecular formula is C24H28N2O5S. The highest BCUT2D eigenvalue weighted by Gasteiger charge is 2.39. The maximum atomic E-state index is 13.3. The van der Waals surface area contributed by atoms with Crippen LogP contribution in [-0.4, -0.2) is 55.7 Å². The molecule has 2 aromatic rings. The van der Waals surface area contributed by atoms with Gasteiger partial charge in [0.05, 0.1) is 17.6 Å². The number of esters is 1. The Balaban J connectivity index is 1.44. The lowest BCUT2D eigenvalue weighted by Crippen LogP contribution is -2.45. The number of amides is 1. The third-order valence-corrected chi connectivity index (χ3v) is 8.14. The van der Waals surface area contributed by atoms with Gasteiger partial charge in [-0.25, -0.2) is 13.2 Å². The Morgan fingerprint density at radius 2 is 1.59 bits per heavy atom. The van der Waals surface area contributed by atoms with Gasteiger partial charge in [-0.3, -0.25) is 4.79 Å². The summed E-state index contributed by atoms with van der Waals surface area (Å²) in [6.07, 6.45) is 2.99. The van der Waals surface area contributed by atoms with E-state index in [1.807, 2.05) is 35.2 Å². The van der Waals surface area contributed by atoms with E-state index >= 15 is 0 Å². The number of sulfonamides is 1. The van der Waals surface area contributed by atoms with Crippen LogP contribution in [-0.2, 0) is 26.1 Å². The van der Waals surface area contributed by atoms with Gasteiger partial charge in [-0.1, -0.05) is 42.5 Å². The second kappa shape index (κ2) is 9.42. The maximum Gasteiger partial charge on any atom is 0.339 e. The van der Waals surface area contributed by atoms with E-state index in [2.05, 4.69) is 0 Å². The highest BCUT2D eigenvalue weighted by Crippen LogP contribution is 2.33. The average Bonchev–Trinajstić information content (AvgIpc) is 3.67. The Morgan fingerprint density at radius 3 is 2.22 bits per heavy atom. The first-order chi connectivity index (χ1) is 15.4. The minimum Gasteiger partial charge on any atom is -0.465 e. The Labute approximate surface area is 189 Å². The maximum absolute atomic E-state index is 13.3. The number of carbonyl (C=O) groups excluding carboxylic acids is 2. The average molecular weight is 457 g/mol. The lowest BCUT2D eigenvalue weighted by atomic mass is 9.96. The van der Waals surface area contributed by atoms with E-state index in [0.717, 1.165) is 18.4 Å². The summed E-state index contributed by atoms with van der Waals surface area (Å²) in [7, 11) is -2.64. The second-order valence-corrected chi connectivity index (χ2v) is 10.3. The van der Waals surface area contributed by atoms with Crippen LogP contribution in [0, 0.1) is 5.92 Å². The number of carbonyl (C=O) groups is 2. The van der Waals surface area contributed by atoms with Gasteiger partial charge in [0, 0.05) is 31.6 Å². The number of rotatable bonds is 7. The zero-order valence-electron chi connectivity index (χ0n) is 18.1. The molecule has 7 nitrogen and oxygen atoms in total. The number of nitrogens with zero attached hydrogens (tertiary/aromatic N) is 2. The van der Waals surface area contributed by atoms with Crippen LogP contribution in [0.25, 0.3) is 0 Å². The molecule has 2 aliphatic rings. The highest BCUT2D eigenvalue weighted by molar-refractivity contribution is 7.89. The Kier molecular flexibility index (Phi) is 6.62. The lowest BCUT2D eigenvalue weighted by Gasteiger charge is -2.34. The van der Waals surface area contributed by atoms with Crippen molar-refractivity contribution < 1.29 is 22.7 Å². The predicted octanol–water partition coefficient (Wildman–Crippen LogP) is 3.07. The molecule has 0 bridgehead atoms. The van der Waals surface area contributed by atoms with Gasteiger partial charge in [-0.05, 0) is 43.4 Å². The first-order valence-corrected chi connectivity index (χ1v) is 12.4.